The van der Waals surface area contributed by atoms with E-state index in [4.69, 9.17) is 4.74 Å². The number of amidine groups is 1. The molecule has 1 aliphatic carbocycles. The van der Waals surface area contributed by atoms with E-state index in [9.17, 15) is 4.79 Å². The van der Waals surface area contributed by atoms with Crippen molar-refractivity contribution in [2.45, 2.75) is 37.6 Å². The van der Waals surface area contributed by atoms with Gasteiger partial charge in [-0.2, -0.15) is 0 Å². The van der Waals surface area contributed by atoms with Gasteiger partial charge in [0.15, 0.2) is 0 Å². The molecule has 0 aromatic heterocycles. The van der Waals surface area contributed by atoms with E-state index in [1.54, 1.807) is 7.05 Å². The molecule has 1 saturated heterocycles. The zero-order valence-corrected chi connectivity index (χ0v) is 9.87. The number of ether oxygens (including phenoxy) is 1. The van der Waals surface area contributed by atoms with Gasteiger partial charge in [-0.05, 0) is 12.8 Å². The first-order valence-electron chi connectivity index (χ1n) is 6.06. The van der Waals surface area contributed by atoms with Crippen LogP contribution in [0.2, 0.25) is 0 Å². The van der Waals surface area contributed by atoms with E-state index in [-0.39, 0.29) is 5.54 Å². The Kier molecular flexibility index (Phi) is 3.59. The van der Waals surface area contributed by atoms with Crippen molar-refractivity contribution >= 4 is 12.1 Å². The Morgan fingerprint density at radius 1 is 1.50 bits per heavy atom. The maximum Gasteiger partial charge on any atom is 0.145 e. The lowest BCUT2D eigenvalue weighted by Crippen LogP contribution is -2.49. The summed E-state index contributed by atoms with van der Waals surface area (Å²) in [7, 11) is 1.79. The number of nitrogens with one attached hydrogen (secondary N) is 1. The summed E-state index contributed by atoms with van der Waals surface area (Å²) in [6, 6.07) is 0. The van der Waals surface area contributed by atoms with Crippen molar-refractivity contribution < 1.29 is 9.53 Å². The number of aldehydes is 1. The molecule has 4 nitrogen and oxygen atoms in total. The molecule has 0 unspecified atom stereocenters. The first kappa shape index (κ1) is 11.6. The Hall–Kier alpha value is -0.900. The second-order valence-corrected chi connectivity index (χ2v) is 4.88. The average molecular weight is 224 g/mol. The molecule has 2 fully saturated rings. The lowest BCUT2D eigenvalue weighted by atomic mass is 9.97. The minimum Gasteiger partial charge on any atom is -0.381 e. The third-order valence-electron chi connectivity index (χ3n) is 3.57. The van der Waals surface area contributed by atoms with Crippen LogP contribution in [0.5, 0.6) is 0 Å². The lowest BCUT2D eigenvalue weighted by Gasteiger charge is -2.30. The third-order valence-corrected chi connectivity index (χ3v) is 3.57. The van der Waals surface area contributed by atoms with Crippen LogP contribution < -0.4 is 5.32 Å². The summed E-state index contributed by atoms with van der Waals surface area (Å²) in [6.07, 6.45) is 6.13. The Bertz CT molecular complexity index is 279. The van der Waals surface area contributed by atoms with Gasteiger partial charge in [-0.25, -0.2) is 0 Å². The molecular formula is C12H20N2O2. The van der Waals surface area contributed by atoms with E-state index >= 15 is 0 Å². The molecule has 4 heteroatoms. The second-order valence-electron chi connectivity index (χ2n) is 4.88. The summed E-state index contributed by atoms with van der Waals surface area (Å²) in [5.41, 5.74) is -0.334. The number of carbonyl (C=O) groups excluding carboxylic acids is 1. The van der Waals surface area contributed by atoms with Gasteiger partial charge in [-0.1, -0.05) is 12.8 Å². The minimum atomic E-state index is -0.334. The average Bonchev–Trinajstić information content (AvgIpc) is 2.71. The normalized spacial score (nSPS) is 25.2. The Labute approximate surface area is 96.5 Å². The van der Waals surface area contributed by atoms with E-state index in [2.05, 4.69) is 10.3 Å². The molecular weight excluding hydrogens is 204 g/mol. The van der Waals surface area contributed by atoms with Crippen molar-refractivity contribution in [3.05, 3.63) is 0 Å². The molecule has 0 amide bonds. The van der Waals surface area contributed by atoms with Crippen molar-refractivity contribution in [2.24, 2.45) is 10.9 Å². The van der Waals surface area contributed by atoms with E-state index in [1.807, 2.05) is 0 Å². The molecule has 16 heavy (non-hydrogen) atoms. The zero-order valence-electron chi connectivity index (χ0n) is 9.87. The van der Waals surface area contributed by atoms with Gasteiger partial charge in [0.05, 0.1) is 24.6 Å². The second kappa shape index (κ2) is 4.95. The van der Waals surface area contributed by atoms with Gasteiger partial charge < -0.3 is 14.8 Å². The minimum absolute atomic E-state index is 0.334. The predicted molar refractivity (Wildman–Crippen MR) is 62.7 cm³/mol. The number of rotatable bonds is 4. The monoisotopic (exact) mass is 224 g/mol. The van der Waals surface area contributed by atoms with Gasteiger partial charge in [0, 0.05) is 19.4 Å². The first-order chi connectivity index (χ1) is 7.78. The summed E-state index contributed by atoms with van der Waals surface area (Å²) in [4.78, 5) is 15.5. The highest BCUT2D eigenvalue weighted by Crippen LogP contribution is 2.28. The summed E-state index contributed by atoms with van der Waals surface area (Å²) in [5, 5.41) is 3.35. The molecule has 0 bridgehead atoms. The molecule has 2 aliphatic rings. The van der Waals surface area contributed by atoms with Crippen LogP contribution in [0.4, 0.5) is 0 Å². The van der Waals surface area contributed by atoms with Gasteiger partial charge in [-0.3, -0.25) is 4.99 Å². The lowest BCUT2D eigenvalue weighted by molar-refractivity contribution is -0.112. The Morgan fingerprint density at radius 3 is 2.62 bits per heavy atom. The number of hydrogen-bond donors (Lipinski definition) is 1. The van der Waals surface area contributed by atoms with Crippen molar-refractivity contribution in [3.8, 4) is 0 Å². The molecule has 1 saturated carbocycles. The summed E-state index contributed by atoms with van der Waals surface area (Å²) in [5.74, 6) is 1.54. The fraction of sp³-hybridized carbons (Fsp3) is 0.833. The predicted octanol–water partition coefficient (Wildman–Crippen LogP) is 1.15. The van der Waals surface area contributed by atoms with Crippen LogP contribution in [0.1, 0.15) is 32.1 Å². The van der Waals surface area contributed by atoms with E-state index in [0.29, 0.717) is 5.92 Å². The van der Waals surface area contributed by atoms with E-state index < -0.39 is 0 Å². The summed E-state index contributed by atoms with van der Waals surface area (Å²) >= 11 is 0. The van der Waals surface area contributed by atoms with Gasteiger partial charge in [-0.15, -0.1) is 0 Å². The molecule has 0 aromatic carbocycles. The highest BCUT2D eigenvalue weighted by Gasteiger charge is 2.34. The molecule has 0 spiro atoms. The number of nitrogens with zero attached hydrogens (tertiary/aromatic N) is 1. The topological polar surface area (TPSA) is 50.7 Å². The van der Waals surface area contributed by atoms with Crippen LogP contribution >= 0.6 is 0 Å². The highest BCUT2D eigenvalue weighted by molar-refractivity contribution is 5.86. The van der Waals surface area contributed by atoms with Gasteiger partial charge in [0.1, 0.15) is 6.29 Å². The molecule has 0 radical (unpaired) electrons. The van der Waals surface area contributed by atoms with Crippen molar-refractivity contribution in [1.82, 2.24) is 5.32 Å². The van der Waals surface area contributed by atoms with Crippen molar-refractivity contribution in [3.63, 3.8) is 0 Å². The fourth-order valence-corrected chi connectivity index (χ4v) is 2.44. The standard InChI is InChI=1S/C12H20N2O2/c1-13-11(6-10-7-16-8-10)14-12(9-15)4-2-3-5-12/h9-10H,2-8H2,1H3,(H,13,14). The van der Waals surface area contributed by atoms with Gasteiger partial charge >= 0.3 is 0 Å². The van der Waals surface area contributed by atoms with Crippen LogP contribution in [0.25, 0.3) is 0 Å². The smallest absolute Gasteiger partial charge is 0.145 e. The zero-order chi connectivity index (χ0) is 11.4. The van der Waals surface area contributed by atoms with Crippen LogP contribution in [0.15, 0.2) is 4.99 Å². The van der Waals surface area contributed by atoms with E-state index in [0.717, 1.165) is 57.4 Å². The van der Waals surface area contributed by atoms with Crippen LogP contribution in [0, 0.1) is 5.92 Å². The summed E-state index contributed by atoms with van der Waals surface area (Å²) < 4.78 is 5.15. The maximum absolute atomic E-state index is 11.2. The van der Waals surface area contributed by atoms with Crippen LogP contribution in [-0.4, -0.2) is 37.9 Å². The SMILES string of the molecule is CN=C(CC1COC1)NC1(C=O)CCCC1. The molecule has 2 rings (SSSR count). The largest absolute Gasteiger partial charge is 0.381 e. The quantitative estimate of drug-likeness (QED) is 0.443. The maximum atomic E-state index is 11.2. The van der Waals surface area contributed by atoms with E-state index in [1.165, 1.54) is 0 Å². The van der Waals surface area contributed by atoms with Gasteiger partial charge in [0.2, 0.25) is 0 Å². The molecule has 0 aromatic rings. The number of carbonyl (C=O) groups is 1. The number of hydrogen-bond acceptors (Lipinski definition) is 3. The van der Waals surface area contributed by atoms with Crippen LogP contribution in [0.3, 0.4) is 0 Å². The Morgan fingerprint density at radius 2 is 2.19 bits per heavy atom. The van der Waals surface area contributed by atoms with Crippen molar-refractivity contribution in [2.75, 3.05) is 20.3 Å². The highest BCUT2D eigenvalue weighted by atomic mass is 16.5. The molecule has 1 N–H and O–H groups in total. The number of aliphatic imine (C=N–C) groups is 1. The fourth-order valence-electron chi connectivity index (χ4n) is 2.44. The summed E-state index contributed by atoms with van der Waals surface area (Å²) in [6.45, 7) is 1.66. The molecule has 0 atom stereocenters. The van der Waals surface area contributed by atoms with Gasteiger partial charge in [0.25, 0.3) is 0 Å². The van der Waals surface area contributed by atoms with Crippen molar-refractivity contribution in [1.29, 1.82) is 0 Å². The van der Waals surface area contributed by atoms with Crippen LogP contribution in [-0.2, 0) is 9.53 Å². The first-order valence-corrected chi connectivity index (χ1v) is 6.06. The Balaban J connectivity index is 1.91. The third kappa shape index (κ3) is 2.43. The molecule has 1 aliphatic heterocycles. The molecule has 90 valence electrons. The molecule has 1 heterocycles.